The van der Waals surface area contributed by atoms with E-state index in [0.717, 1.165) is 11.3 Å². The first-order chi connectivity index (χ1) is 9.25. The Morgan fingerprint density at radius 1 is 1.26 bits per heavy atom. The first-order valence-corrected chi connectivity index (χ1v) is 6.27. The topological polar surface area (TPSA) is 47.8 Å². The van der Waals surface area contributed by atoms with Gasteiger partial charge in [0.05, 0.1) is 22.8 Å². The maximum atomic E-state index is 12.5. The minimum absolute atomic E-state index is 0.0663. The molecule has 19 heavy (non-hydrogen) atoms. The third kappa shape index (κ3) is 1.37. The minimum atomic E-state index is -0.0663. The molecule has 0 atom stereocenters. The summed E-state index contributed by atoms with van der Waals surface area (Å²) in [6.45, 7) is 0. The lowest BCUT2D eigenvalue weighted by Crippen LogP contribution is -2.20. The van der Waals surface area contributed by atoms with Crippen LogP contribution in [0.1, 0.15) is 11.4 Å². The van der Waals surface area contributed by atoms with Crippen LogP contribution in [0.4, 0.5) is 0 Å². The quantitative estimate of drug-likeness (QED) is 0.492. The van der Waals surface area contributed by atoms with E-state index in [1.165, 1.54) is 0 Å². The van der Waals surface area contributed by atoms with Gasteiger partial charge >= 0.3 is 0 Å². The van der Waals surface area contributed by atoms with Gasteiger partial charge in [-0.1, -0.05) is 17.7 Å². The van der Waals surface area contributed by atoms with Crippen LogP contribution < -0.4 is 5.56 Å². The minimum Gasteiger partial charge on any atom is -0.268 e. The third-order valence-corrected chi connectivity index (χ3v) is 3.77. The van der Waals surface area contributed by atoms with Gasteiger partial charge in [-0.05, 0) is 18.2 Å². The van der Waals surface area contributed by atoms with E-state index in [1.54, 1.807) is 23.0 Å². The average Bonchev–Trinajstić information content (AvgIpc) is 2.79. The molecule has 4 rings (SSSR count). The van der Waals surface area contributed by atoms with Crippen molar-refractivity contribution in [2.45, 2.75) is 6.42 Å². The molecule has 1 aromatic carbocycles. The van der Waals surface area contributed by atoms with E-state index in [1.807, 2.05) is 18.2 Å². The summed E-state index contributed by atoms with van der Waals surface area (Å²) in [6.07, 6.45) is 3.80. The van der Waals surface area contributed by atoms with Crippen LogP contribution >= 0.6 is 11.6 Å². The number of hydrogen-bond acceptors (Lipinski definition) is 3. The van der Waals surface area contributed by atoms with Crippen molar-refractivity contribution in [3.05, 3.63) is 63.4 Å². The summed E-state index contributed by atoms with van der Waals surface area (Å²) in [6, 6.07) is 7.27. The second kappa shape index (κ2) is 3.65. The van der Waals surface area contributed by atoms with Crippen molar-refractivity contribution in [1.29, 1.82) is 0 Å². The Labute approximate surface area is 113 Å². The van der Waals surface area contributed by atoms with Crippen LogP contribution in [0.25, 0.3) is 16.6 Å². The first-order valence-electron chi connectivity index (χ1n) is 5.89. The van der Waals surface area contributed by atoms with Crippen LogP contribution in [0.15, 0.2) is 41.5 Å². The summed E-state index contributed by atoms with van der Waals surface area (Å²) < 4.78 is 1.64. The lowest BCUT2D eigenvalue weighted by Gasteiger charge is -2.06. The predicted octanol–water partition coefficient (Wildman–Crippen LogP) is 2.34. The Hall–Kier alpha value is -2.20. The fourth-order valence-corrected chi connectivity index (χ4v) is 2.78. The SMILES string of the molecule is O=c1c2ccncc2nc2n1-c1cccc(Cl)c1C2. The molecule has 3 aromatic rings. The Balaban J connectivity index is 2.16. The van der Waals surface area contributed by atoms with Crippen molar-refractivity contribution >= 4 is 22.5 Å². The zero-order chi connectivity index (χ0) is 13.0. The maximum Gasteiger partial charge on any atom is 0.266 e. The largest absolute Gasteiger partial charge is 0.268 e. The van der Waals surface area contributed by atoms with Gasteiger partial charge in [-0.15, -0.1) is 0 Å². The van der Waals surface area contributed by atoms with Crippen LogP contribution in [0.5, 0.6) is 0 Å². The van der Waals surface area contributed by atoms with Gasteiger partial charge < -0.3 is 0 Å². The maximum absolute atomic E-state index is 12.5. The summed E-state index contributed by atoms with van der Waals surface area (Å²) in [5.41, 5.74) is 2.35. The molecule has 0 bridgehead atoms. The summed E-state index contributed by atoms with van der Waals surface area (Å²) in [5.74, 6) is 0.716. The number of hydrogen-bond donors (Lipinski definition) is 0. The van der Waals surface area contributed by atoms with Crippen molar-refractivity contribution in [1.82, 2.24) is 14.5 Å². The molecule has 5 heteroatoms. The molecule has 3 heterocycles. The summed E-state index contributed by atoms with van der Waals surface area (Å²) in [5, 5.41) is 1.25. The number of rotatable bonds is 0. The molecule has 0 unspecified atom stereocenters. The molecule has 1 aliphatic rings. The van der Waals surface area contributed by atoms with Crippen molar-refractivity contribution in [2.24, 2.45) is 0 Å². The highest BCUT2D eigenvalue weighted by Gasteiger charge is 2.23. The van der Waals surface area contributed by atoms with Crippen LogP contribution in [0.3, 0.4) is 0 Å². The number of nitrogens with zero attached hydrogens (tertiary/aromatic N) is 3. The van der Waals surface area contributed by atoms with E-state index in [4.69, 9.17) is 11.6 Å². The second-order valence-corrected chi connectivity index (χ2v) is 4.88. The standard InChI is InChI=1S/C14H8ClN3O/c15-10-2-1-3-12-9(10)6-13-17-11-7-16-5-4-8(11)14(19)18(12)13/h1-5,7H,6H2. The first kappa shape index (κ1) is 10.7. The number of benzene rings is 1. The highest BCUT2D eigenvalue weighted by molar-refractivity contribution is 6.31. The lowest BCUT2D eigenvalue weighted by atomic mass is 10.1. The highest BCUT2D eigenvalue weighted by atomic mass is 35.5. The molecule has 0 radical (unpaired) electrons. The van der Waals surface area contributed by atoms with Gasteiger partial charge in [0.15, 0.2) is 0 Å². The molecule has 0 fully saturated rings. The monoisotopic (exact) mass is 269 g/mol. The van der Waals surface area contributed by atoms with Crippen LogP contribution in [-0.4, -0.2) is 14.5 Å². The van der Waals surface area contributed by atoms with Gasteiger partial charge in [0.2, 0.25) is 0 Å². The molecule has 0 amide bonds. The van der Waals surface area contributed by atoms with Crippen LogP contribution in [0, 0.1) is 0 Å². The lowest BCUT2D eigenvalue weighted by molar-refractivity contribution is 0.913. The normalized spacial score (nSPS) is 12.5. The van der Waals surface area contributed by atoms with Crippen molar-refractivity contribution in [2.75, 3.05) is 0 Å². The van der Waals surface area contributed by atoms with Gasteiger partial charge in [-0.25, -0.2) is 4.98 Å². The summed E-state index contributed by atoms with van der Waals surface area (Å²) in [7, 11) is 0. The smallest absolute Gasteiger partial charge is 0.266 e. The van der Waals surface area contributed by atoms with E-state index < -0.39 is 0 Å². The van der Waals surface area contributed by atoms with Crippen molar-refractivity contribution in [3.8, 4) is 5.69 Å². The zero-order valence-corrected chi connectivity index (χ0v) is 10.6. The fraction of sp³-hybridized carbons (Fsp3) is 0.0714. The van der Waals surface area contributed by atoms with Gasteiger partial charge in [-0.2, -0.15) is 0 Å². The number of pyridine rings is 1. The molecule has 0 aliphatic carbocycles. The van der Waals surface area contributed by atoms with Crippen LogP contribution in [-0.2, 0) is 6.42 Å². The van der Waals surface area contributed by atoms with Gasteiger partial charge in [-0.3, -0.25) is 14.3 Å². The fourth-order valence-electron chi connectivity index (χ4n) is 2.54. The number of halogens is 1. The molecule has 0 spiro atoms. The van der Waals surface area contributed by atoms with Gasteiger partial charge in [0.25, 0.3) is 5.56 Å². The molecule has 92 valence electrons. The number of fused-ring (bicyclic) bond motifs is 4. The Morgan fingerprint density at radius 2 is 2.16 bits per heavy atom. The molecular formula is C14H8ClN3O. The van der Waals surface area contributed by atoms with Crippen LogP contribution in [0.2, 0.25) is 5.02 Å². The Morgan fingerprint density at radius 3 is 3.05 bits per heavy atom. The number of aromatic nitrogens is 3. The van der Waals surface area contributed by atoms with E-state index >= 15 is 0 Å². The summed E-state index contributed by atoms with van der Waals surface area (Å²) in [4.78, 5) is 21.1. The Bertz CT molecular complexity index is 885. The molecule has 2 aromatic heterocycles. The molecule has 0 N–H and O–H groups in total. The zero-order valence-electron chi connectivity index (χ0n) is 9.80. The van der Waals surface area contributed by atoms with Gasteiger partial charge in [0.1, 0.15) is 5.82 Å². The molecule has 0 saturated heterocycles. The third-order valence-electron chi connectivity index (χ3n) is 3.41. The molecular weight excluding hydrogens is 262 g/mol. The average molecular weight is 270 g/mol. The second-order valence-electron chi connectivity index (χ2n) is 4.48. The van der Waals surface area contributed by atoms with E-state index in [2.05, 4.69) is 9.97 Å². The van der Waals surface area contributed by atoms with E-state index in [-0.39, 0.29) is 5.56 Å². The highest BCUT2D eigenvalue weighted by Crippen LogP contribution is 2.31. The Kier molecular flexibility index (Phi) is 2.05. The van der Waals surface area contributed by atoms with E-state index in [0.29, 0.717) is 28.2 Å². The molecule has 0 saturated carbocycles. The van der Waals surface area contributed by atoms with Gasteiger partial charge in [0, 0.05) is 23.2 Å². The molecule has 4 nitrogen and oxygen atoms in total. The predicted molar refractivity (Wildman–Crippen MR) is 73.0 cm³/mol. The summed E-state index contributed by atoms with van der Waals surface area (Å²) >= 11 is 6.19. The van der Waals surface area contributed by atoms with Crippen molar-refractivity contribution < 1.29 is 0 Å². The van der Waals surface area contributed by atoms with Crippen molar-refractivity contribution in [3.63, 3.8) is 0 Å². The molecule has 1 aliphatic heterocycles. The van der Waals surface area contributed by atoms with E-state index in [9.17, 15) is 4.79 Å².